The first-order valence-corrected chi connectivity index (χ1v) is 5.79. The Morgan fingerprint density at radius 3 is 2.47 bits per heavy atom. The van der Waals surface area contributed by atoms with Gasteiger partial charge in [0.15, 0.2) is 0 Å². The molecule has 0 fully saturated rings. The summed E-state index contributed by atoms with van der Waals surface area (Å²) < 4.78 is 18.0. The highest BCUT2D eigenvalue weighted by Crippen LogP contribution is 2.30. The number of aryl methyl sites for hydroxylation is 2. The first kappa shape index (κ1) is 13.2. The van der Waals surface area contributed by atoms with Crippen LogP contribution in [0.3, 0.4) is 0 Å². The van der Waals surface area contributed by atoms with Gasteiger partial charge >= 0.3 is 0 Å². The zero-order valence-corrected chi connectivity index (χ0v) is 10.6. The van der Waals surface area contributed by atoms with Crippen LogP contribution in [0.4, 0.5) is 4.39 Å². The summed E-state index contributed by atoms with van der Waals surface area (Å²) >= 11 is 0. The molecular weight excluding hydrogens is 251 g/mol. The molecule has 0 saturated carbocycles. The third-order valence-electron chi connectivity index (χ3n) is 3.04. The second-order valence-electron chi connectivity index (χ2n) is 4.36. The zero-order valence-electron chi connectivity index (χ0n) is 10.6. The second-order valence-corrected chi connectivity index (χ2v) is 4.36. The molecule has 0 saturated heterocycles. The Kier molecular flexibility index (Phi) is 3.59. The van der Waals surface area contributed by atoms with Gasteiger partial charge in [0.1, 0.15) is 11.6 Å². The van der Waals surface area contributed by atoms with Gasteiger partial charge < -0.3 is 4.52 Å². The topological polar surface area (TPSA) is 69.2 Å². The number of nitrogens with zero attached hydrogens (tertiary/aromatic N) is 2. The summed E-state index contributed by atoms with van der Waals surface area (Å²) in [6.07, 6.45) is 0. The first-order chi connectivity index (χ1) is 8.99. The molecule has 1 aromatic carbocycles. The fourth-order valence-corrected chi connectivity index (χ4v) is 2.20. The van der Waals surface area contributed by atoms with Crippen molar-refractivity contribution < 1.29 is 13.8 Å². The molecule has 0 amide bonds. The Morgan fingerprint density at radius 2 is 2.00 bits per heavy atom. The molecule has 0 bridgehead atoms. The van der Waals surface area contributed by atoms with Crippen LogP contribution in [0.5, 0.6) is 0 Å². The Bertz CT molecular complexity index is 573. The van der Waals surface area contributed by atoms with Crippen LogP contribution >= 0.6 is 0 Å². The van der Waals surface area contributed by atoms with Gasteiger partial charge in [-0.3, -0.25) is 10.1 Å². The van der Waals surface area contributed by atoms with Crippen molar-refractivity contribution in [3.63, 3.8) is 0 Å². The minimum atomic E-state index is -0.484. The smallest absolute Gasteiger partial charge is 0.214 e. The van der Waals surface area contributed by atoms with Crippen molar-refractivity contribution in [1.82, 2.24) is 5.16 Å². The molecular formula is C13H13FN2O3. The van der Waals surface area contributed by atoms with Gasteiger partial charge in [0.2, 0.25) is 6.54 Å². The van der Waals surface area contributed by atoms with E-state index in [1.54, 1.807) is 26.0 Å². The third-order valence-corrected chi connectivity index (χ3v) is 3.04. The SMILES string of the molecule is Cc1noc(C)c1[C@H](C[N+](=O)[O-])c1ccc(F)cc1. The van der Waals surface area contributed by atoms with Crippen molar-refractivity contribution in [2.24, 2.45) is 0 Å². The van der Waals surface area contributed by atoms with Gasteiger partial charge in [-0.1, -0.05) is 17.3 Å². The lowest BCUT2D eigenvalue weighted by Gasteiger charge is -2.13. The molecule has 5 nitrogen and oxygen atoms in total. The van der Waals surface area contributed by atoms with Crippen LogP contribution in [0.1, 0.15) is 28.5 Å². The molecule has 0 spiro atoms. The van der Waals surface area contributed by atoms with Gasteiger partial charge in [-0.05, 0) is 31.5 Å². The molecule has 1 heterocycles. The minimum absolute atomic E-state index is 0.283. The summed E-state index contributed by atoms with van der Waals surface area (Å²) in [4.78, 5) is 10.5. The lowest BCUT2D eigenvalue weighted by atomic mass is 9.90. The molecule has 0 radical (unpaired) electrons. The molecule has 2 aromatic rings. The van der Waals surface area contributed by atoms with Crippen molar-refractivity contribution in [3.8, 4) is 0 Å². The van der Waals surface area contributed by atoms with Gasteiger partial charge in [-0.25, -0.2) is 4.39 Å². The van der Waals surface area contributed by atoms with E-state index in [0.717, 1.165) is 0 Å². The molecule has 100 valence electrons. The van der Waals surface area contributed by atoms with E-state index < -0.39 is 5.92 Å². The fraction of sp³-hybridized carbons (Fsp3) is 0.308. The van der Waals surface area contributed by atoms with Crippen molar-refractivity contribution in [1.29, 1.82) is 0 Å². The zero-order chi connectivity index (χ0) is 14.0. The van der Waals surface area contributed by atoms with Crippen LogP contribution in [0.25, 0.3) is 0 Å². The lowest BCUT2D eigenvalue weighted by molar-refractivity contribution is -0.481. The Balaban J connectivity index is 2.47. The summed E-state index contributed by atoms with van der Waals surface area (Å²) in [5, 5.41) is 14.7. The molecule has 0 aliphatic heterocycles. The number of rotatable bonds is 4. The Hall–Kier alpha value is -2.24. The molecule has 0 unspecified atom stereocenters. The maximum absolute atomic E-state index is 12.9. The Morgan fingerprint density at radius 1 is 1.37 bits per heavy atom. The first-order valence-electron chi connectivity index (χ1n) is 5.79. The quantitative estimate of drug-likeness (QED) is 0.629. The van der Waals surface area contributed by atoms with E-state index in [4.69, 9.17) is 4.52 Å². The summed E-state index contributed by atoms with van der Waals surface area (Å²) in [5.41, 5.74) is 1.99. The maximum Gasteiger partial charge on any atom is 0.214 e. The second kappa shape index (κ2) is 5.17. The highest BCUT2D eigenvalue weighted by atomic mass is 19.1. The van der Waals surface area contributed by atoms with E-state index in [1.165, 1.54) is 12.1 Å². The highest BCUT2D eigenvalue weighted by molar-refractivity contribution is 5.36. The van der Waals surface area contributed by atoms with E-state index in [1.807, 2.05) is 0 Å². The number of hydrogen-bond acceptors (Lipinski definition) is 4. The molecule has 0 N–H and O–H groups in total. The summed E-state index contributed by atoms with van der Waals surface area (Å²) in [7, 11) is 0. The average Bonchev–Trinajstić information content (AvgIpc) is 2.67. The maximum atomic E-state index is 12.9. The summed E-state index contributed by atoms with van der Waals surface area (Å²) in [6.45, 7) is 3.17. The van der Waals surface area contributed by atoms with E-state index >= 15 is 0 Å². The molecule has 0 aliphatic rings. The number of benzene rings is 1. The molecule has 2 rings (SSSR count). The van der Waals surface area contributed by atoms with E-state index in [0.29, 0.717) is 22.6 Å². The van der Waals surface area contributed by atoms with Crippen LogP contribution in [0.15, 0.2) is 28.8 Å². The van der Waals surface area contributed by atoms with Crippen LogP contribution in [-0.4, -0.2) is 16.6 Å². The van der Waals surface area contributed by atoms with E-state index in [9.17, 15) is 14.5 Å². The van der Waals surface area contributed by atoms with Gasteiger partial charge in [0.25, 0.3) is 0 Å². The largest absolute Gasteiger partial charge is 0.361 e. The van der Waals surface area contributed by atoms with Crippen LogP contribution < -0.4 is 0 Å². The number of aromatic nitrogens is 1. The monoisotopic (exact) mass is 264 g/mol. The Labute approximate surface area is 109 Å². The molecule has 19 heavy (non-hydrogen) atoms. The van der Waals surface area contributed by atoms with Crippen molar-refractivity contribution >= 4 is 0 Å². The number of nitro groups is 1. The van der Waals surface area contributed by atoms with Gasteiger partial charge in [0, 0.05) is 10.5 Å². The summed E-state index contributed by atoms with van der Waals surface area (Å²) in [6, 6.07) is 5.69. The number of halogens is 1. The normalized spacial score (nSPS) is 12.4. The highest BCUT2D eigenvalue weighted by Gasteiger charge is 2.26. The van der Waals surface area contributed by atoms with Crippen LogP contribution in [0, 0.1) is 29.8 Å². The van der Waals surface area contributed by atoms with E-state index in [2.05, 4.69) is 5.16 Å². The molecule has 1 atom stereocenters. The van der Waals surface area contributed by atoms with Crippen molar-refractivity contribution in [2.45, 2.75) is 19.8 Å². The predicted molar refractivity (Wildman–Crippen MR) is 66.1 cm³/mol. The van der Waals surface area contributed by atoms with E-state index in [-0.39, 0.29) is 17.3 Å². The van der Waals surface area contributed by atoms with Crippen molar-refractivity contribution in [2.75, 3.05) is 6.54 Å². The molecule has 6 heteroatoms. The molecule has 1 aromatic heterocycles. The van der Waals surface area contributed by atoms with Crippen molar-refractivity contribution in [3.05, 3.63) is 62.8 Å². The third kappa shape index (κ3) is 2.78. The lowest BCUT2D eigenvalue weighted by Crippen LogP contribution is -2.15. The summed E-state index contributed by atoms with van der Waals surface area (Å²) in [5.74, 6) is -0.308. The standard InChI is InChI=1S/C13H13FN2O3/c1-8-13(9(2)19-15-8)12(7-16(17)18)10-3-5-11(14)6-4-10/h3-6,12H,7H2,1-2H3/t12-/m1/s1. The van der Waals surface area contributed by atoms with Gasteiger partial charge in [0.05, 0.1) is 11.6 Å². The van der Waals surface area contributed by atoms with Gasteiger partial charge in [-0.15, -0.1) is 0 Å². The fourth-order valence-electron chi connectivity index (χ4n) is 2.20. The average molecular weight is 264 g/mol. The minimum Gasteiger partial charge on any atom is -0.361 e. The predicted octanol–water partition coefficient (Wildman–Crippen LogP) is 2.84. The molecule has 0 aliphatic carbocycles. The van der Waals surface area contributed by atoms with Gasteiger partial charge in [-0.2, -0.15) is 0 Å². The van der Waals surface area contributed by atoms with Crippen LogP contribution in [-0.2, 0) is 0 Å². The number of hydrogen-bond donors (Lipinski definition) is 0. The van der Waals surface area contributed by atoms with Crippen LogP contribution in [0.2, 0.25) is 0 Å².